The maximum Gasteiger partial charge on any atom is 0.433 e. The lowest BCUT2D eigenvalue weighted by Gasteiger charge is -2.07. The van der Waals surface area contributed by atoms with Crippen LogP contribution in [0.25, 0.3) is 21.8 Å². The molecule has 0 bridgehead atoms. The van der Waals surface area contributed by atoms with Crippen molar-refractivity contribution in [3.8, 4) is 27.6 Å². The highest BCUT2D eigenvalue weighted by Gasteiger charge is 2.32. The van der Waals surface area contributed by atoms with Crippen LogP contribution in [0.3, 0.4) is 0 Å². The number of thiazole rings is 1. The van der Waals surface area contributed by atoms with Crippen LogP contribution in [0.2, 0.25) is 0 Å². The minimum absolute atomic E-state index is 0.0783. The van der Waals surface area contributed by atoms with Crippen LogP contribution < -0.4 is 4.74 Å². The number of hydrogen-bond acceptors (Lipinski definition) is 6. The molecule has 3 heterocycles. The molecule has 4 rings (SSSR count). The number of aromatic carboxylic acids is 1. The molecule has 0 fully saturated rings. The largest absolute Gasteiger partial charge is 0.485 e. The van der Waals surface area contributed by atoms with Crippen LogP contribution in [0.4, 0.5) is 13.2 Å². The van der Waals surface area contributed by atoms with Gasteiger partial charge < -0.3 is 9.84 Å². The average molecular weight is 471 g/mol. The first-order valence-electron chi connectivity index (χ1n) is 9.64. The zero-order valence-electron chi connectivity index (χ0n) is 17.1. The first-order valence-corrected chi connectivity index (χ1v) is 10.5. The molecule has 0 radical (unpaired) electrons. The highest BCUT2D eigenvalue weighted by atomic mass is 32.1. The molecule has 1 N–H and O–H groups in total. The van der Waals surface area contributed by atoms with Gasteiger partial charge in [0, 0.05) is 5.56 Å². The number of rotatable bonds is 6. The molecule has 0 unspecified atom stereocenters. The number of nitrogens with zero attached hydrogens (tertiary/aromatic N) is 3. The van der Waals surface area contributed by atoms with Gasteiger partial charge in [-0.2, -0.15) is 13.2 Å². The Morgan fingerprint density at radius 3 is 2.39 bits per heavy atom. The highest BCUT2D eigenvalue weighted by Crippen LogP contribution is 2.32. The number of ether oxygens (including phenoxy) is 1. The van der Waals surface area contributed by atoms with E-state index in [1.807, 2.05) is 25.1 Å². The van der Waals surface area contributed by atoms with Crippen molar-refractivity contribution < 1.29 is 27.8 Å². The van der Waals surface area contributed by atoms with Gasteiger partial charge in [0.1, 0.15) is 23.1 Å². The van der Waals surface area contributed by atoms with Gasteiger partial charge in [0.2, 0.25) is 0 Å². The lowest BCUT2D eigenvalue weighted by atomic mass is 10.1. The Labute approximate surface area is 190 Å². The second-order valence-corrected chi connectivity index (χ2v) is 8.06. The molecule has 33 heavy (non-hydrogen) atoms. The molecule has 0 aliphatic carbocycles. The number of alkyl halides is 3. The van der Waals surface area contributed by atoms with E-state index in [0.29, 0.717) is 16.4 Å². The normalized spacial score (nSPS) is 11.4. The van der Waals surface area contributed by atoms with Gasteiger partial charge in [-0.05, 0) is 43.3 Å². The Balaban J connectivity index is 1.50. The number of halogens is 3. The number of benzene rings is 1. The van der Waals surface area contributed by atoms with Crippen molar-refractivity contribution in [1.29, 1.82) is 0 Å². The van der Waals surface area contributed by atoms with Gasteiger partial charge in [-0.3, -0.25) is 0 Å². The number of aryl methyl sites for hydroxylation is 1. The fraction of sp³-hybridized carbons (Fsp3) is 0.130. The van der Waals surface area contributed by atoms with Crippen molar-refractivity contribution in [1.82, 2.24) is 15.0 Å². The predicted octanol–water partition coefficient (Wildman–Crippen LogP) is 5.87. The first-order chi connectivity index (χ1) is 15.7. The van der Waals surface area contributed by atoms with Gasteiger partial charge in [0.05, 0.1) is 33.7 Å². The van der Waals surface area contributed by atoms with Crippen LogP contribution in [-0.4, -0.2) is 26.0 Å². The van der Waals surface area contributed by atoms with Gasteiger partial charge in [0.15, 0.2) is 0 Å². The van der Waals surface area contributed by atoms with Crippen molar-refractivity contribution >= 4 is 17.3 Å². The second-order valence-electron chi connectivity index (χ2n) is 6.98. The zero-order chi connectivity index (χ0) is 23.6. The van der Waals surface area contributed by atoms with Crippen LogP contribution in [0.5, 0.6) is 5.75 Å². The average Bonchev–Trinajstić information content (AvgIpc) is 3.18. The van der Waals surface area contributed by atoms with Gasteiger partial charge in [-0.25, -0.2) is 19.7 Å². The molecule has 0 atom stereocenters. The summed E-state index contributed by atoms with van der Waals surface area (Å²) in [5, 5.41) is 9.69. The molecule has 0 aliphatic heterocycles. The van der Waals surface area contributed by atoms with Gasteiger partial charge >= 0.3 is 12.1 Å². The molecule has 10 heteroatoms. The van der Waals surface area contributed by atoms with E-state index >= 15 is 0 Å². The van der Waals surface area contributed by atoms with Gasteiger partial charge in [-0.15, -0.1) is 11.3 Å². The van der Waals surface area contributed by atoms with Crippen LogP contribution >= 0.6 is 11.3 Å². The lowest BCUT2D eigenvalue weighted by Crippen LogP contribution is -2.07. The predicted molar refractivity (Wildman–Crippen MR) is 116 cm³/mol. The smallest absolute Gasteiger partial charge is 0.433 e. The zero-order valence-corrected chi connectivity index (χ0v) is 17.9. The third-order valence-electron chi connectivity index (χ3n) is 4.64. The van der Waals surface area contributed by atoms with Crippen LogP contribution in [0.1, 0.15) is 26.8 Å². The molecule has 0 saturated carbocycles. The Morgan fingerprint density at radius 2 is 1.76 bits per heavy atom. The molecule has 6 nitrogen and oxygen atoms in total. The molecular weight excluding hydrogens is 455 g/mol. The first kappa shape index (κ1) is 22.4. The molecule has 168 valence electrons. The van der Waals surface area contributed by atoms with Gasteiger partial charge in [-0.1, -0.05) is 18.2 Å². The standard InChI is InChI=1S/C23H16F3N3O3S/c1-13-21(18-4-2-3-17(29-18)14-5-7-15(8-6-14)22(30)31)33-20(28-13)12-32-16-9-10-19(27-11-16)23(24,25)26/h2-11H,12H2,1H3,(H,30,31). The summed E-state index contributed by atoms with van der Waals surface area (Å²) in [5.74, 6) is -0.785. The lowest BCUT2D eigenvalue weighted by molar-refractivity contribution is -0.141. The monoisotopic (exact) mass is 471 g/mol. The SMILES string of the molecule is Cc1nc(COc2ccc(C(F)(F)F)nc2)sc1-c1cccc(-c2ccc(C(=O)O)cc2)n1. The van der Waals surface area contributed by atoms with E-state index in [2.05, 4.69) is 15.0 Å². The van der Waals surface area contributed by atoms with E-state index in [1.165, 1.54) is 29.5 Å². The molecule has 0 spiro atoms. The molecule has 1 aromatic carbocycles. The summed E-state index contributed by atoms with van der Waals surface area (Å²) in [6.45, 7) is 1.92. The molecule has 0 amide bonds. The minimum atomic E-state index is -4.50. The molecule has 0 saturated heterocycles. The number of hydrogen-bond donors (Lipinski definition) is 1. The quantitative estimate of drug-likeness (QED) is 0.379. The third-order valence-corrected chi connectivity index (χ3v) is 5.79. The van der Waals surface area contributed by atoms with E-state index in [0.717, 1.165) is 28.4 Å². The second kappa shape index (κ2) is 8.99. The number of pyridine rings is 2. The molecule has 3 aromatic heterocycles. The number of carboxylic acid groups (broad SMARTS) is 1. The summed E-state index contributed by atoms with van der Waals surface area (Å²) in [6.07, 6.45) is -3.47. The molecular formula is C23H16F3N3O3S. The molecule has 4 aromatic rings. The molecule has 0 aliphatic rings. The Hall–Kier alpha value is -3.79. The fourth-order valence-electron chi connectivity index (χ4n) is 3.04. The summed E-state index contributed by atoms with van der Waals surface area (Å²) in [5.41, 5.74) is 2.13. The van der Waals surface area contributed by atoms with Crippen LogP contribution in [0.15, 0.2) is 60.8 Å². The maximum atomic E-state index is 12.6. The van der Waals surface area contributed by atoms with Crippen molar-refractivity contribution in [3.63, 3.8) is 0 Å². The summed E-state index contributed by atoms with van der Waals surface area (Å²) >= 11 is 1.37. The summed E-state index contributed by atoms with van der Waals surface area (Å²) in [6, 6.07) is 14.1. The number of aromatic nitrogens is 3. The third kappa shape index (κ3) is 5.17. The van der Waals surface area contributed by atoms with Gasteiger partial charge in [0.25, 0.3) is 0 Å². The Bertz CT molecular complexity index is 1290. The van der Waals surface area contributed by atoms with E-state index in [1.54, 1.807) is 12.1 Å². The minimum Gasteiger partial charge on any atom is -0.485 e. The van der Waals surface area contributed by atoms with E-state index in [9.17, 15) is 18.0 Å². The van der Waals surface area contributed by atoms with Crippen molar-refractivity contribution in [2.45, 2.75) is 19.7 Å². The summed E-state index contributed by atoms with van der Waals surface area (Å²) in [4.78, 5) is 24.4. The Kier molecular flexibility index (Phi) is 6.10. The fourth-order valence-corrected chi connectivity index (χ4v) is 3.98. The van der Waals surface area contributed by atoms with Crippen molar-refractivity contribution in [2.75, 3.05) is 0 Å². The number of carboxylic acids is 1. The maximum absolute atomic E-state index is 12.6. The van der Waals surface area contributed by atoms with E-state index < -0.39 is 17.8 Å². The summed E-state index contributed by atoms with van der Waals surface area (Å²) in [7, 11) is 0. The van der Waals surface area contributed by atoms with Crippen LogP contribution in [0, 0.1) is 6.92 Å². The van der Waals surface area contributed by atoms with E-state index in [-0.39, 0.29) is 17.9 Å². The van der Waals surface area contributed by atoms with Crippen LogP contribution in [-0.2, 0) is 12.8 Å². The van der Waals surface area contributed by atoms with E-state index in [4.69, 9.17) is 9.84 Å². The Morgan fingerprint density at radius 1 is 1.03 bits per heavy atom. The summed E-state index contributed by atoms with van der Waals surface area (Å²) < 4.78 is 43.4. The van der Waals surface area contributed by atoms with Crippen molar-refractivity contribution in [2.24, 2.45) is 0 Å². The topological polar surface area (TPSA) is 85.2 Å². The van der Waals surface area contributed by atoms with Crippen molar-refractivity contribution in [3.05, 3.63) is 82.8 Å². The number of carbonyl (C=O) groups is 1. The highest BCUT2D eigenvalue weighted by molar-refractivity contribution is 7.15.